The first-order valence-electron chi connectivity index (χ1n) is 10.3. The summed E-state index contributed by atoms with van der Waals surface area (Å²) in [5.74, 6) is -0.604. The Balaban J connectivity index is 0.00000289. The molecule has 35 heavy (non-hydrogen) atoms. The summed E-state index contributed by atoms with van der Waals surface area (Å²) in [6.45, 7) is 0. The normalized spacial score (nSPS) is 15.1. The van der Waals surface area contributed by atoms with Crippen LogP contribution in [0.3, 0.4) is 0 Å². The highest BCUT2D eigenvalue weighted by atomic mass is 79.9. The van der Waals surface area contributed by atoms with E-state index in [4.69, 9.17) is 38.0 Å². The number of benzene rings is 3. The molecule has 5 rings (SSSR count). The number of ether oxygens (including phenoxy) is 1. The molecule has 0 fully saturated rings. The van der Waals surface area contributed by atoms with Crippen LogP contribution < -0.4 is 9.75 Å². The lowest BCUT2D eigenvalue weighted by Gasteiger charge is -2.22. The number of nitrogens with zero attached hydrogens (tertiary/aromatic N) is 3. The maximum absolute atomic E-state index is 14.4. The summed E-state index contributed by atoms with van der Waals surface area (Å²) in [5, 5.41) is 10.2. The Morgan fingerprint density at radius 2 is 1.74 bits per heavy atom. The van der Waals surface area contributed by atoms with Crippen molar-refractivity contribution in [2.75, 3.05) is 12.1 Å². The molecule has 4 nitrogen and oxygen atoms in total. The predicted octanol–water partition coefficient (Wildman–Crippen LogP) is 8.34. The average Bonchev–Trinajstić information content (AvgIpc) is 3.47. The van der Waals surface area contributed by atoms with E-state index in [-0.39, 0.29) is 34.6 Å². The van der Waals surface area contributed by atoms with Crippen molar-refractivity contribution in [2.45, 2.75) is 12.5 Å². The quantitative estimate of drug-likeness (QED) is 0.232. The molecule has 180 valence electrons. The Morgan fingerprint density at radius 1 is 1.00 bits per heavy atom. The summed E-state index contributed by atoms with van der Waals surface area (Å²) in [7, 11) is 1.42. The van der Waals surface area contributed by atoms with Crippen LogP contribution in [0.5, 0.6) is 5.75 Å². The van der Waals surface area contributed by atoms with Gasteiger partial charge < -0.3 is 4.74 Å². The zero-order chi connectivity index (χ0) is 23.8. The van der Waals surface area contributed by atoms with Crippen LogP contribution in [0.2, 0.25) is 10.0 Å². The second-order valence-electron chi connectivity index (χ2n) is 7.65. The maximum Gasteiger partial charge on any atom is 0.207 e. The number of thiazole rings is 1. The fraction of sp³-hybridized carbons (Fsp3) is 0.120. The van der Waals surface area contributed by atoms with Crippen molar-refractivity contribution in [3.63, 3.8) is 0 Å². The van der Waals surface area contributed by atoms with Gasteiger partial charge >= 0.3 is 0 Å². The van der Waals surface area contributed by atoms with Gasteiger partial charge in [-0.3, -0.25) is 0 Å². The molecule has 1 unspecified atom stereocenters. The minimum absolute atomic E-state index is 0. The van der Waals surface area contributed by atoms with Crippen LogP contribution in [0.25, 0.3) is 11.3 Å². The summed E-state index contributed by atoms with van der Waals surface area (Å²) in [4.78, 5) is 4.74. The second-order valence-corrected chi connectivity index (χ2v) is 9.33. The molecular weight excluding hydrogens is 579 g/mol. The van der Waals surface area contributed by atoms with E-state index in [2.05, 4.69) is 0 Å². The number of methoxy groups -OCH3 is 1. The molecule has 0 spiro atoms. The molecule has 0 saturated heterocycles. The molecule has 3 aromatic carbocycles. The molecule has 2 heterocycles. The van der Waals surface area contributed by atoms with Crippen molar-refractivity contribution in [1.29, 1.82) is 0 Å². The first-order chi connectivity index (χ1) is 16.4. The van der Waals surface area contributed by atoms with Crippen molar-refractivity contribution in [3.05, 3.63) is 98.9 Å². The summed E-state index contributed by atoms with van der Waals surface area (Å²) < 4.78 is 32.8. The van der Waals surface area contributed by atoms with Gasteiger partial charge in [0.25, 0.3) is 0 Å². The van der Waals surface area contributed by atoms with Crippen LogP contribution in [-0.2, 0) is 0 Å². The van der Waals surface area contributed by atoms with Crippen LogP contribution in [0.4, 0.5) is 13.9 Å². The predicted molar refractivity (Wildman–Crippen MR) is 144 cm³/mol. The van der Waals surface area contributed by atoms with Crippen LogP contribution >= 0.6 is 51.5 Å². The topological polar surface area (TPSA) is 37.7 Å². The number of hydrazone groups is 1. The molecular formula is C25H18BrCl2F2N3OS. The van der Waals surface area contributed by atoms with Gasteiger partial charge in [-0.25, -0.2) is 18.8 Å². The molecule has 0 bridgehead atoms. The van der Waals surface area contributed by atoms with E-state index >= 15 is 0 Å². The van der Waals surface area contributed by atoms with Crippen molar-refractivity contribution in [2.24, 2.45) is 5.10 Å². The highest BCUT2D eigenvalue weighted by Gasteiger charge is 2.33. The molecule has 10 heteroatoms. The minimum atomic E-state index is -0.463. The van der Waals surface area contributed by atoms with E-state index in [1.165, 1.54) is 36.6 Å². The Kier molecular flexibility index (Phi) is 7.76. The van der Waals surface area contributed by atoms with E-state index in [0.29, 0.717) is 38.6 Å². The van der Waals surface area contributed by atoms with Gasteiger partial charge in [0.05, 0.1) is 24.6 Å². The van der Waals surface area contributed by atoms with Crippen LogP contribution in [0.1, 0.15) is 23.6 Å². The van der Waals surface area contributed by atoms with Gasteiger partial charge in [0.1, 0.15) is 5.82 Å². The van der Waals surface area contributed by atoms with Crippen molar-refractivity contribution in [1.82, 2.24) is 4.98 Å². The average molecular weight is 597 g/mol. The molecule has 1 aliphatic heterocycles. The molecule has 0 saturated carbocycles. The second kappa shape index (κ2) is 10.6. The zero-order valence-electron chi connectivity index (χ0n) is 18.2. The maximum atomic E-state index is 14.4. The third-order valence-electron chi connectivity index (χ3n) is 5.54. The monoisotopic (exact) mass is 595 g/mol. The zero-order valence-corrected chi connectivity index (χ0v) is 22.3. The number of hydrogen-bond donors (Lipinski definition) is 0. The van der Waals surface area contributed by atoms with Crippen molar-refractivity contribution < 1.29 is 13.5 Å². The lowest BCUT2D eigenvalue weighted by atomic mass is 9.98. The summed E-state index contributed by atoms with van der Waals surface area (Å²) in [6, 6.07) is 16.0. The van der Waals surface area contributed by atoms with Crippen molar-refractivity contribution in [3.8, 4) is 17.0 Å². The van der Waals surface area contributed by atoms with Crippen LogP contribution in [0, 0.1) is 11.6 Å². The lowest BCUT2D eigenvalue weighted by molar-refractivity contribution is 0.386. The first kappa shape index (κ1) is 25.6. The Morgan fingerprint density at radius 3 is 2.43 bits per heavy atom. The van der Waals surface area contributed by atoms with Gasteiger partial charge in [0, 0.05) is 33.0 Å². The number of halogens is 5. The molecule has 4 aromatic rings. The number of anilines is 1. The number of hydrogen-bond acceptors (Lipinski definition) is 5. The van der Waals surface area contributed by atoms with E-state index in [9.17, 15) is 8.78 Å². The highest BCUT2D eigenvalue weighted by molar-refractivity contribution is 8.93. The lowest BCUT2D eigenvalue weighted by Crippen LogP contribution is -2.18. The molecule has 0 aliphatic carbocycles. The van der Waals surface area contributed by atoms with Crippen LogP contribution in [-0.4, -0.2) is 17.8 Å². The van der Waals surface area contributed by atoms with Crippen molar-refractivity contribution >= 4 is 62.4 Å². The third kappa shape index (κ3) is 5.21. The molecule has 1 atom stereocenters. The number of rotatable bonds is 5. The molecule has 0 N–H and O–H groups in total. The highest BCUT2D eigenvalue weighted by Crippen LogP contribution is 2.42. The molecule has 0 amide bonds. The molecule has 0 radical (unpaired) electrons. The van der Waals surface area contributed by atoms with E-state index in [1.54, 1.807) is 41.4 Å². The Bertz CT molecular complexity index is 1400. The van der Waals surface area contributed by atoms with Gasteiger partial charge in [-0.15, -0.1) is 28.3 Å². The SMILES string of the molecule is Br.COc1ccc(C2=NN(c3nc(-c4ccc(F)cc4)cs3)C(c3ccc(Cl)cc3Cl)C2)cc1F. The largest absolute Gasteiger partial charge is 0.494 e. The Labute approximate surface area is 225 Å². The molecule has 1 aromatic heterocycles. The smallest absolute Gasteiger partial charge is 0.207 e. The summed E-state index contributed by atoms with van der Waals surface area (Å²) >= 11 is 14.1. The first-order valence-corrected chi connectivity index (χ1v) is 11.9. The minimum Gasteiger partial charge on any atom is -0.494 e. The molecule has 1 aliphatic rings. The van der Waals surface area contributed by atoms with Gasteiger partial charge in [-0.1, -0.05) is 29.3 Å². The summed E-state index contributed by atoms with van der Waals surface area (Å²) in [5.41, 5.74) is 3.67. The fourth-order valence-corrected chi connectivity index (χ4v) is 5.21. The number of aromatic nitrogens is 1. The standard InChI is InChI=1S/C25H17Cl2F2N3OS.BrH/c1-33-24-9-4-15(10-20(24)29)21-12-23(18-8-5-16(26)11-19(18)27)32(31-21)25-30-22(13-34-25)14-2-6-17(28)7-3-14;/h2-11,13,23H,12H2,1H3;1H. The van der Waals surface area contributed by atoms with E-state index < -0.39 is 5.82 Å². The van der Waals surface area contributed by atoms with Gasteiger partial charge in [-0.05, 0) is 60.2 Å². The van der Waals surface area contributed by atoms with Gasteiger partial charge in [-0.2, -0.15) is 5.10 Å². The van der Waals surface area contributed by atoms with Gasteiger partial charge in [0.2, 0.25) is 5.13 Å². The Hall–Kier alpha value is -2.52. The summed E-state index contributed by atoms with van der Waals surface area (Å²) in [6.07, 6.45) is 0.485. The fourth-order valence-electron chi connectivity index (χ4n) is 3.84. The third-order valence-corrected chi connectivity index (χ3v) is 6.94. The van der Waals surface area contributed by atoms with E-state index in [1.807, 2.05) is 11.4 Å². The van der Waals surface area contributed by atoms with Gasteiger partial charge in [0.15, 0.2) is 11.6 Å². The van der Waals surface area contributed by atoms with Crippen LogP contribution in [0.15, 0.2) is 71.1 Å². The van der Waals surface area contributed by atoms with E-state index in [0.717, 1.165) is 11.1 Å².